The normalized spacial score (nSPS) is 11.6. The molecule has 0 spiro atoms. The van der Waals surface area contributed by atoms with Crippen LogP contribution in [0.1, 0.15) is 233 Å². The molecule has 3 heterocycles. The first-order chi connectivity index (χ1) is 61.2. The number of hydrogen-bond acceptors (Lipinski definition) is 28. The van der Waals surface area contributed by atoms with E-state index in [-0.39, 0.29) is 98.9 Å². The van der Waals surface area contributed by atoms with E-state index in [1.54, 1.807) is 0 Å². The number of benzene rings is 5. The number of carbonyl (C=O) groups excluding carboxylic acids is 8. The van der Waals surface area contributed by atoms with E-state index in [9.17, 15) is 38.4 Å². The van der Waals surface area contributed by atoms with Crippen molar-refractivity contribution in [3.63, 3.8) is 0 Å². The third-order valence-electron chi connectivity index (χ3n) is 19.3. The monoisotopic (exact) mass is 1870 g/mol. The van der Waals surface area contributed by atoms with Crippen molar-refractivity contribution >= 4 is 175 Å². The predicted molar refractivity (Wildman–Crippen MR) is 534 cm³/mol. The Morgan fingerprint density at radius 3 is 0.677 bits per heavy atom. The van der Waals surface area contributed by atoms with E-state index in [0.717, 1.165) is 46.8 Å². The maximum Gasteiger partial charge on any atom is 0.274 e. The molecule has 0 unspecified atom stereocenters. The summed E-state index contributed by atoms with van der Waals surface area (Å²) in [6, 6.07) is 22.6. The fourth-order valence-corrected chi connectivity index (χ4v) is 16.4. The van der Waals surface area contributed by atoms with Gasteiger partial charge in [0.25, 0.3) is 35.4 Å². The molecular weight excluding hydrogens is 1750 g/mol. The fraction of sp³-hybridized carbons (Fsp3) is 0.422. The number of hydrogen-bond donors (Lipinski definition) is 19. The van der Waals surface area contributed by atoms with Crippen molar-refractivity contribution in [1.82, 2.24) is 29.9 Å². The molecule has 0 fully saturated rings. The van der Waals surface area contributed by atoms with E-state index >= 15 is 0 Å². The van der Waals surface area contributed by atoms with Crippen LogP contribution in [0.3, 0.4) is 0 Å². The molecule has 700 valence electrons. The van der Waals surface area contributed by atoms with Crippen LogP contribution in [0.4, 0.5) is 56.9 Å². The van der Waals surface area contributed by atoms with Crippen molar-refractivity contribution < 1.29 is 38.4 Å². The Balaban J connectivity index is 0.000000357. The SMILES string of the molecule is CC(C)(C)c1cc(N)c(SCCN)c(NC(=O)c2cc(C(=O)Nc3cc(C(C)(C)C)cc(NC(=O)c4cc(C(=O)Nc5cc(C(C)(C)C)cc(N)c5SCCN)ncn4)c3SCCN)ncn2)c1.CC(C)(C)c1cc(NC(=O)CCCCN=C(N)N)c(SCCN)c(NC(=O)c2cc(C(=O)Nc3cc(C(C)(C)C)cc(NC(=O)CCCCN=C(N)N)c3SCCN)ncn2)c1. The molecule has 3 aromatic heterocycles. The highest BCUT2D eigenvalue weighted by Crippen LogP contribution is 2.45. The highest BCUT2D eigenvalue weighted by atomic mass is 32.2. The smallest absolute Gasteiger partial charge is 0.274 e. The molecule has 0 saturated carbocycles. The lowest BCUT2D eigenvalue weighted by molar-refractivity contribution is -0.117. The Labute approximate surface area is 782 Å². The second kappa shape index (κ2) is 48.6. The first kappa shape index (κ1) is 106. The average molecular weight is 1880 g/mol. The van der Waals surface area contributed by atoms with Crippen LogP contribution >= 0.6 is 58.8 Å². The van der Waals surface area contributed by atoms with E-state index in [1.807, 2.05) is 165 Å². The third kappa shape index (κ3) is 32.1. The minimum atomic E-state index is -0.636. The molecule has 130 heavy (non-hydrogen) atoms. The standard InChI is InChI=1S/C48H63N13O4S3.C42H64N14O4S2/c1-46(2,3)26-16-29(52)39(66-13-10-49)31(18-26)58-42(62)35-22-37(56-24-54-35)44(64)60-33-20-28(48(7,8)9)21-34(41(33)68-15-12-51)61-45(65)38-23-36(55-25-57-38)43(63)59-32-19-27(47(4,5)6)17-30(53)40(32)67-14-11-50;1-41(2,3)25-19-27(53-33(57)11-7-9-15-49-39(45)46)35(61-17-13-43)29(21-25)55-37(59)31-23-32(52-24-51-31)38(60)56-30-22-26(42(4,5)6)20-28(36(30)62-18-14-44)54-34(58)12-8-10-16-50-40(47)48/h16-25H,10-15,49-53H2,1-9H3,(H,58,62)(H,59,63)(H,60,64)(H,61,65);19-24H,7-18,43-44H2,1-6H3,(H,53,57)(H,54,58)(H,55,59)(H,56,60)(H4,45,46,49)(H4,47,48,50). The van der Waals surface area contributed by atoms with Crippen LogP contribution in [0.2, 0.25) is 0 Å². The lowest BCUT2D eigenvalue weighted by Crippen LogP contribution is -2.23. The summed E-state index contributed by atoms with van der Waals surface area (Å²) in [6.07, 6.45) is 6.30. The largest absolute Gasteiger partial charge is 0.398 e. The van der Waals surface area contributed by atoms with Crippen LogP contribution in [0, 0.1) is 0 Å². The van der Waals surface area contributed by atoms with Crippen molar-refractivity contribution in [2.75, 3.05) is 129 Å². The Morgan fingerprint density at radius 2 is 0.477 bits per heavy atom. The molecule has 0 bridgehead atoms. The summed E-state index contributed by atoms with van der Waals surface area (Å²) in [6.45, 7) is 33.1. The van der Waals surface area contributed by atoms with E-state index in [0.29, 0.717) is 175 Å². The summed E-state index contributed by atoms with van der Waals surface area (Å²) in [4.78, 5) is 146. The Kier molecular flexibility index (Phi) is 39.6. The average Bonchev–Trinajstić information content (AvgIpc) is 0.511. The number of unbranched alkanes of at least 4 members (excludes halogenated alkanes) is 2. The third-order valence-corrected chi connectivity index (χ3v) is 25.2. The Hall–Kier alpha value is -11.2. The van der Waals surface area contributed by atoms with Gasteiger partial charge in [-0.1, -0.05) is 104 Å². The van der Waals surface area contributed by atoms with E-state index < -0.39 is 40.9 Å². The maximum atomic E-state index is 14.1. The van der Waals surface area contributed by atoms with Crippen molar-refractivity contribution in [1.29, 1.82) is 0 Å². The molecular formula is C90H127N27O8S5. The summed E-state index contributed by atoms with van der Waals surface area (Å²) in [5.74, 6) is -1.43. The van der Waals surface area contributed by atoms with Crippen LogP contribution in [0.5, 0.6) is 0 Å². The molecule has 8 aromatic rings. The predicted octanol–water partition coefficient (Wildman–Crippen LogP) is 11.9. The van der Waals surface area contributed by atoms with Gasteiger partial charge < -0.3 is 106 Å². The second-order valence-corrected chi connectivity index (χ2v) is 40.8. The molecule has 8 rings (SSSR count). The number of amides is 8. The first-order valence-electron chi connectivity index (χ1n) is 42.3. The molecule has 40 heteroatoms. The lowest BCUT2D eigenvalue weighted by atomic mass is 9.86. The van der Waals surface area contributed by atoms with E-state index in [2.05, 4.69) is 82.4 Å². The summed E-state index contributed by atoms with van der Waals surface area (Å²) >= 11 is 6.96. The van der Waals surface area contributed by atoms with Gasteiger partial charge in [0.15, 0.2) is 11.9 Å². The van der Waals surface area contributed by atoms with Crippen molar-refractivity contribution in [2.45, 2.75) is 194 Å². The second-order valence-electron chi connectivity index (χ2n) is 35.2. The van der Waals surface area contributed by atoms with Crippen LogP contribution in [-0.2, 0) is 36.7 Å². The van der Waals surface area contributed by atoms with Gasteiger partial charge in [-0.25, -0.2) is 29.9 Å². The van der Waals surface area contributed by atoms with E-state index in [4.69, 9.17) is 63.1 Å². The summed E-state index contributed by atoms with van der Waals surface area (Å²) in [5, 5.41) is 23.8. The number of guanidine groups is 2. The summed E-state index contributed by atoms with van der Waals surface area (Å²) in [7, 11) is 0. The van der Waals surface area contributed by atoms with Crippen LogP contribution in [-0.4, -0.2) is 164 Å². The van der Waals surface area contributed by atoms with Gasteiger partial charge in [-0.3, -0.25) is 48.3 Å². The van der Waals surface area contributed by atoms with Gasteiger partial charge in [0, 0.05) is 117 Å². The first-order valence-corrected chi connectivity index (χ1v) is 47.2. The molecule has 35 nitrogen and oxygen atoms in total. The Morgan fingerprint density at radius 1 is 0.285 bits per heavy atom. The highest BCUT2D eigenvalue weighted by Gasteiger charge is 2.30. The summed E-state index contributed by atoms with van der Waals surface area (Å²) < 4.78 is 0. The fourth-order valence-electron chi connectivity index (χ4n) is 12.3. The van der Waals surface area contributed by atoms with Crippen LogP contribution in [0.15, 0.2) is 132 Å². The number of nitrogens with one attached hydrogen (secondary N) is 8. The molecule has 0 aliphatic heterocycles. The zero-order chi connectivity index (χ0) is 96.2. The van der Waals surface area contributed by atoms with Crippen LogP contribution in [0.25, 0.3) is 0 Å². The summed E-state index contributed by atoms with van der Waals surface area (Å²) in [5.41, 5.74) is 70.8. The number of thioether (sulfide) groups is 5. The number of aliphatic imine (C=N–C) groups is 2. The minimum absolute atomic E-state index is 0.00222. The van der Waals surface area contributed by atoms with Crippen LogP contribution < -0.4 is 106 Å². The van der Waals surface area contributed by atoms with Gasteiger partial charge in [-0.05, 0) is 141 Å². The zero-order valence-electron chi connectivity index (χ0n) is 76.7. The molecule has 8 amide bonds. The number of rotatable bonds is 39. The number of nitrogen functional groups attached to an aromatic ring is 2. The highest BCUT2D eigenvalue weighted by molar-refractivity contribution is 8.00. The lowest BCUT2D eigenvalue weighted by Gasteiger charge is -2.24. The molecule has 0 saturated heterocycles. The van der Waals surface area contributed by atoms with Gasteiger partial charge >= 0.3 is 0 Å². The van der Waals surface area contributed by atoms with Gasteiger partial charge in [-0.15, -0.1) is 58.8 Å². The number of nitrogens with zero attached hydrogens (tertiary/aromatic N) is 8. The molecule has 0 atom stereocenters. The van der Waals surface area contributed by atoms with Gasteiger partial charge in [0.2, 0.25) is 11.8 Å². The molecule has 0 aliphatic rings. The topological polar surface area (TPSA) is 621 Å². The quantitative estimate of drug-likeness (QED) is 0.00559. The zero-order valence-corrected chi connectivity index (χ0v) is 80.8. The van der Waals surface area contributed by atoms with Gasteiger partial charge in [-0.2, -0.15) is 0 Å². The van der Waals surface area contributed by atoms with Gasteiger partial charge in [0.1, 0.15) is 53.1 Å². The van der Waals surface area contributed by atoms with Crippen molar-refractivity contribution in [3.8, 4) is 0 Å². The molecule has 0 aliphatic carbocycles. The van der Waals surface area contributed by atoms with Gasteiger partial charge in [0.05, 0.1) is 70.0 Å². The maximum absolute atomic E-state index is 14.1. The molecule has 5 aromatic carbocycles. The van der Waals surface area contributed by atoms with E-state index in [1.165, 1.54) is 77.0 Å². The van der Waals surface area contributed by atoms with Crippen molar-refractivity contribution in [3.05, 3.63) is 160 Å². The Bertz CT molecular complexity index is 5110. The minimum Gasteiger partial charge on any atom is -0.398 e. The molecule has 0 radical (unpaired) electrons. The van der Waals surface area contributed by atoms with Crippen molar-refractivity contribution in [2.24, 2.45) is 61.6 Å². The number of aromatic nitrogens is 6. The number of anilines is 10. The number of carbonyl (C=O) groups is 8. The molecule has 30 N–H and O–H groups in total. The number of nitrogens with two attached hydrogens (primary N) is 11.